The number of benzene rings is 1. The number of nitrogens with zero attached hydrogens (tertiary/aromatic N) is 2. The van der Waals surface area contributed by atoms with Crippen molar-refractivity contribution in [2.24, 2.45) is 0 Å². The van der Waals surface area contributed by atoms with E-state index in [9.17, 15) is 4.79 Å². The normalized spacial score (nSPS) is 16.2. The molecule has 2 rings (SSSR count). The van der Waals surface area contributed by atoms with Gasteiger partial charge < -0.3 is 10.2 Å². The van der Waals surface area contributed by atoms with Gasteiger partial charge in [-0.05, 0) is 30.7 Å². The van der Waals surface area contributed by atoms with Crippen LogP contribution in [0.15, 0.2) is 18.2 Å². The van der Waals surface area contributed by atoms with Crippen LogP contribution in [0.5, 0.6) is 0 Å². The van der Waals surface area contributed by atoms with E-state index in [2.05, 4.69) is 17.1 Å². The average Bonchev–Trinajstić information content (AvgIpc) is 2.42. The summed E-state index contributed by atoms with van der Waals surface area (Å²) in [6.45, 7) is 8.94. The number of halogens is 1. The lowest BCUT2D eigenvalue weighted by atomic mass is 10.1. The van der Waals surface area contributed by atoms with Gasteiger partial charge in [-0.25, -0.2) is 0 Å². The van der Waals surface area contributed by atoms with E-state index in [1.807, 2.05) is 23.1 Å². The summed E-state index contributed by atoms with van der Waals surface area (Å²) in [5.74, 6) is 0.167. The Morgan fingerprint density at radius 3 is 2.60 bits per heavy atom. The van der Waals surface area contributed by atoms with E-state index in [4.69, 9.17) is 11.6 Å². The molecule has 1 fully saturated rings. The number of carbonyl (C=O) groups is 1. The lowest BCUT2D eigenvalue weighted by Crippen LogP contribution is -2.47. The molecule has 110 valence electrons. The Morgan fingerprint density at radius 2 is 2.00 bits per heavy atom. The van der Waals surface area contributed by atoms with Gasteiger partial charge in [-0.3, -0.25) is 9.69 Å². The van der Waals surface area contributed by atoms with Gasteiger partial charge in [-0.2, -0.15) is 0 Å². The standard InChI is InChI=1S/C15H22ClN3O/c1-3-17-15-5-4-14(16)10-13(15)11-18-6-8-19(9-7-18)12(2)20/h4-5,10,17H,3,6-9,11H2,1-2H3. The Hall–Kier alpha value is -1.26. The summed E-state index contributed by atoms with van der Waals surface area (Å²) in [5, 5.41) is 4.14. The summed E-state index contributed by atoms with van der Waals surface area (Å²) in [6, 6.07) is 5.97. The quantitative estimate of drug-likeness (QED) is 0.927. The summed E-state index contributed by atoms with van der Waals surface area (Å²) in [5.41, 5.74) is 2.36. The van der Waals surface area contributed by atoms with Gasteiger partial charge in [0.15, 0.2) is 0 Å². The first-order valence-electron chi connectivity index (χ1n) is 7.10. The van der Waals surface area contributed by atoms with Crippen LogP contribution in [0.2, 0.25) is 5.02 Å². The van der Waals surface area contributed by atoms with E-state index in [-0.39, 0.29) is 5.91 Å². The number of anilines is 1. The number of nitrogens with one attached hydrogen (secondary N) is 1. The Morgan fingerprint density at radius 1 is 1.30 bits per heavy atom. The highest BCUT2D eigenvalue weighted by Crippen LogP contribution is 2.22. The van der Waals surface area contributed by atoms with Crippen molar-refractivity contribution in [3.63, 3.8) is 0 Å². The van der Waals surface area contributed by atoms with Crippen molar-refractivity contribution in [1.82, 2.24) is 9.80 Å². The molecule has 1 amide bonds. The van der Waals surface area contributed by atoms with E-state index in [0.29, 0.717) is 0 Å². The minimum Gasteiger partial charge on any atom is -0.385 e. The van der Waals surface area contributed by atoms with E-state index in [0.717, 1.165) is 50.0 Å². The van der Waals surface area contributed by atoms with Gasteiger partial charge in [0.05, 0.1) is 0 Å². The average molecular weight is 296 g/mol. The molecular weight excluding hydrogens is 274 g/mol. The van der Waals surface area contributed by atoms with Crippen LogP contribution in [0, 0.1) is 0 Å². The first kappa shape index (κ1) is 15.1. The molecule has 1 aromatic carbocycles. The minimum atomic E-state index is 0.167. The van der Waals surface area contributed by atoms with E-state index in [1.54, 1.807) is 6.92 Å². The lowest BCUT2D eigenvalue weighted by Gasteiger charge is -2.34. The highest BCUT2D eigenvalue weighted by atomic mass is 35.5. The molecule has 0 aliphatic carbocycles. The van der Waals surface area contributed by atoms with Crippen LogP contribution in [0.3, 0.4) is 0 Å². The molecule has 0 spiro atoms. The fourth-order valence-corrected chi connectivity index (χ4v) is 2.71. The third-order valence-electron chi connectivity index (χ3n) is 3.65. The van der Waals surface area contributed by atoms with Gasteiger partial charge in [-0.1, -0.05) is 11.6 Å². The molecule has 0 aromatic heterocycles. The number of carbonyl (C=O) groups excluding carboxylic acids is 1. The summed E-state index contributed by atoms with van der Waals surface area (Å²) < 4.78 is 0. The lowest BCUT2D eigenvalue weighted by molar-refractivity contribution is -0.130. The molecule has 1 aromatic rings. The highest BCUT2D eigenvalue weighted by molar-refractivity contribution is 6.30. The smallest absolute Gasteiger partial charge is 0.219 e. The van der Waals surface area contributed by atoms with Crippen molar-refractivity contribution in [3.8, 4) is 0 Å². The van der Waals surface area contributed by atoms with Crippen LogP contribution in [-0.2, 0) is 11.3 Å². The maximum absolute atomic E-state index is 11.3. The maximum atomic E-state index is 11.3. The van der Waals surface area contributed by atoms with Crippen LogP contribution < -0.4 is 5.32 Å². The third kappa shape index (κ3) is 3.87. The predicted octanol–water partition coefficient (Wildman–Crippen LogP) is 2.44. The Labute approximate surface area is 125 Å². The zero-order chi connectivity index (χ0) is 14.5. The third-order valence-corrected chi connectivity index (χ3v) is 3.88. The zero-order valence-electron chi connectivity index (χ0n) is 12.2. The summed E-state index contributed by atoms with van der Waals surface area (Å²) in [6.07, 6.45) is 0. The molecule has 0 saturated carbocycles. The number of amides is 1. The second-order valence-corrected chi connectivity index (χ2v) is 5.55. The van der Waals surface area contributed by atoms with Crippen LogP contribution >= 0.6 is 11.6 Å². The van der Waals surface area contributed by atoms with Crippen molar-refractivity contribution in [2.75, 3.05) is 38.0 Å². The molecule has 0 atom stereocenters. The SMILES string of the molecule is CCNc1ccc(Cl)cc1CN1CCN(C(C)=O)CC1. The van der Waals surface area contributed by atoms with E-state index < -0.39 is 0 Å². The van der Waals surface area contributed by atoms with E-state index in [1.165, 1.54) is 5.56 Å². The summed E-state index contributed by atoms with van der Waals surface area (Å²) in [4.78, 5) is 15.6. The maximum Gasteiger partial charge on any atom is 0.219 e. The monoisotopic (exact) mass is 295 g/mol. The zero-order valence-corrected chi connectivity index (χ0v) is 12.9. The van der Waals surface area contributed by atoms with Gasteiger partial charge >= 0.3 is 0 Å². The largest absolute Gasteiger partial charge is 0.385 e. The van der Waals surface area contributed by atoms with E-state index >= 15 is 0 Å². The van der Waals surface area contributed by atoms with Crippen LogP contribution in [0.25, 0.3) is 0 Å². The molecular formula is C15H22ClN3O. The highest BCUT2D eigenvalue weighted by Gasteiger charge is 2.19. The first-order valence-corrected chi connectivity index (χ1v) is 7.48. The second kappa shape index (κ2) is 6.95. The molecule has 0 bridgehead atoms. The minimum absolute atomic E-state index is 0.167. The molecule has 0 unspecified atom stereocenters. The summed E-state index contributed by atoms with van der Waals surface area (Å²) in [7, 11) is 0. The number of piperazine rings is 1. The second-order valence-electron chi connectivity index (χ2n) is 5.11. The van der Waals surface area contributed by atoms with Crippen molar-refractivity contribution in [1.29, 1.82) is 0 Å². The molecule has 20 heavy (non-hydrogen) atoms. The number of hydrogen-bond donors (Lipinski definition) is 1. The van der Waals surface area contributed by atoms with Crippen molar-refractivity contribution in [2.45, 2.75) is 20.4 Å². The molecule has 1 aliphatic heterocycles. The van der Waals surface area contributed by atoms with Gasteiger partial charge in [0.25, 0.3) is 0 Å². The first-order chi connectivity index (χ1) is 9.60. The van der Waals surface area contributed by atoms with Gasteiger partial charge in [0.1, 0.15) is 0 Å². The van der Waals surface area contributed by atoms with Crippen LogP contribution in [-0.4, -0.2) is 48.4 Å². The molecule has 0 radical (unpaired) electrons. The summed E-state index contributed by atoms with van der Waals surface area (Å²) >= 11 is 6.10. The Bertz CT molecular complexity index is 470. The Balaban J connectivity index is 2.00. The predicted molar refractivity (Wildman–Crippen MR) is 83.1 cm³/mol. The molecule has 1 heterocycles. The topological polar surface area (TPSA) is 35.6 Å². The number of rotatable bonds is 4. The number of hydrogen-bond acceptors (Lipinski definition) is 3. The molecule has 1 N–H and O–H groups in total. The molecule has 5 heteroatoms. The van der Waals surface area contributed by atoms with Crippen LogP contribution in [0.1, 0.15) is 19.4 Å². The van der Waals surface area contributed by atoms with Crippen LogP contribution in [0.4, 0.5) is 5.69 Å². The molecule has 4 nitrogen and oxygen atoms in total. The fourth-order valence-electron chi connectivity index (χ4n) is 2.52. The van der Waals surface area contributed by atoms with Gasteiger partial charge in [-0.15, -0.1) is 0 Å². The Kier molecular flexibility index (Phi) is 5.26. The van der Waals surface area contributed by atoms with Crippen molar-refractivity contribution in [3.05, 3.63) is 28.8 Å². The van der Waals surface area contributed by atoms with Crippen molar-refractivity contribution >= 4 is 23.2 Å². The fraction of sp³-hybridized carbons (Fsp3) is 0.533. The van der Waals surface area contributed by atoms with Gasteiger partial charge in [0.2, 0.25) is 5.91 Å². The molecule has 1 aliphatic rings. The van der Waals surface area contributed by atoms with Crippen molar-refractivity contribution < 1.29 is 4.79 Å². The van der Waals surface area contributed by atoms with Gasteiger partial charge in [0, 0.05) is 56.9 Å². The molecule has 1 saturated heterocycles.